The van der Waals surface area contributed by atoms with Gasteiger partial charge in [0.2, 0.25) is 11.2 Å². The zero-order valence-electron chi connectivity index (χ0n) is 13.0. The van der Waals surface area contributed by atoms with Crippen LogP contribution in [0.15, 0.2) is 33.7 Å². The number of hydrogen-bond acceptors (Lipinski definition) is 4. The third-order valence-electron chi connectivity index (χ3n) is 3.99. The lowest BCUT2D eigenvalue weighted by molar-refractivity contribution is -0.134. The van der Waals surface area contributed by atoms with E-state index >= 15 is 0 Å². The molecule has 3 rings (SSSR count). The average Bonchev–Trinajstić information content (AvgIpc) is 2.57. The van der Waals surface area contributed by atoms with E-state index in [4.69, 9.17) is 9.15 Å². The van der Waals surface area contributed by atoms with Crippen LogP contribution in [0, 0.1) is 18.6 Å². The molecule has 0 spiro atoms. The summed E-state index contributed by atoms with van der Waals surface area (Å²) in [5.41, 5.74) is 0.493. The topological polar surface area (TPSA) is 59.8 Å². The second-order valence-electron chi connectivity index (χ2n) is 5.52. The lowest BCUT2D eigenvalue weighted by Gasteiger charge is -2.29. The third kappa shape index (κ3) is 3.02. The van der Waals surface area contributed by atoms with Gasteiger partial charge in [-0.25, -0.2) is 8.78 Å². The van der Waals surface area contributed by atoms with Crippen molar-refractivity contribution < 1.29 is 22.7 Å². The summed E-state index contributed by atoms with van der Waals surface area (Å²) in [6, 6.07) is 3.82. The Morgan fingerprint density at radius 2 is 2.12 bits per heavy atom. The Bertz CT molecular complexity index is 847. The number of rotatable bonds is 3. The number of amides is 1. The van der Waals surface area contributed by atoms with Crippen molar-refractivity contribution in [1.82, 2.24) is 4.90 Å². The molecular formula is C17H15F2NO4. The van der Waals surface area contributed by atoms with Crippen LogP contribution in [0.25, 0.3) is 0 Å². The smallest absolute Gasteiger partial charge is 0.260 e. The van der Waals surface area contributed by atoms with Gasteiger partial charge in [-0.05, 0) is 25.0 Å². The van der Waals surface area contributed by atoms with Crippen molar-refractivity contribution in [1.29, 1.82) is 0 Å². The Labute approximate surface area is 136 Å². The molecular weight excluding hydrogens is 320 g/mol. The molecule has 1 aromatic carbocycles. The lowest BCUT2D eigenvalue weighted by atomic mass is 9.99. The first-order chi connectivity index (χ1) is 11.5. The van der Waals surface area contributed by atoms with Crippen LogP contribution in [0.4, 0.5) is 8.78 Å². The van der Waals surface area contributed by atoms with Crippen molar-refractivity contribution in [3.63, 3.8) is 0 Å². The predicted octanol–water partition coefficient (Wildman–Crippen LogP) is 2.19. The lowest BCUT2D eigenvalue weighted by Crippen LogP contribution is -2.39. The van der Waals surface area contributed by atoms with Crippen LogP contribution in [0.2, 0.25) is 0 Å². The number of ether oxygens (including phenoxy) is 1. The fourth-order valence-corrected chi connectivity index (χ4v) is 2.67. The summed E-state index contributed by atoms with van der Waals surface area (Å²) >= 11 is 0. The summed E-state index contributed by atoms with van der Waals surface area (Å²) in [4.78, 5) is 25.3. The maximum Gasteiger partial charge on any atom is 0.260 e. The molecule has 1 aliphatic rings. The van der Waals surface area contributed by atoms with E-state index in [1.165, 1.54) is 23.3 Å². The van der Waals surface area contributed by atoms with E-state index in [0.29, 0.717) is 18.5 Å². The van der Waals surface area contributed by atoms with Crippen LogP contribution in [0.5, 0.6) is 5.75 Å². The number of carbonyl (C=O) groups is 1. The number of fused-ring (bicyclic) bond motifs is 1. The minimum absolute atomic E-state index is 0.0243. The predicted molar refractivity (Wildman–Crippen MR) is 80.7 cm³/mol. The Hall–Kier alpha value is -2.70. The van der Waals surface area contributed by atoms with Gasteiger partial charge >= 0.3 is 0 Å². The van der Waals surface area contributed by atoms with E-state index in [0.717, 1.165) is 6.07 Å². The van der Waals surface area contributed by atoms with Crippen molar-refractivity contribution in [2.24, 2.45) is 0 Å². The van der Waals surface area contributed by atoms with E-state index in [9.17, 15) is 18.4 Å². The quantitative estimate of drug-likeness (QED) is 0.863. The Morgan fingerprint density at radius 1 is 1.33 bits per heavy atom. The number of benzene rings is 1. The average molecular weight is 335 g/mol. The van der Waals surface area contributed by atoms with E-state index in [2.05, 4.69) is 0 Å². The number of aryl methyl sites for hydroxylation is 1. The van der Waals surface area contributed by atoms with Crippen molar-refractivity contribution in [3.05, 3.63) is 63.2 Å². The summed E-state index contributed by atoms with van der Waals surface area (Å²) in [5, 5.41) is 0. The SMILES string of the molecule is Cc1occc(=O)c1OCC(=O)N1CCc2ccc(F)c(F)c2C1. The van der Waals surface area contributed by atoms with Gasteiger partial charge in [0.25, 0.3) is 5.91 Å². The first kappa shape index (κ1) is 16.2. The molecule has 0 atom stereocenters. The number of nitrogens with zero attached hydrogens (tertiary/aromatic N) is 1. The second kappa shape index (κ2) is 6.43. The van der Waals surface area contributed by atoms with Crippen molar-refractivity contribution in [2.75, 3.05) is 13.2 Å². The van der Waals surface area contributed by atoms with Gasteiger partial charge in [0.15, 0.2) is 18.2 Å². The molecule has 2 aromatic rings. The van der Waals surface area contributed by atoms with Crippen LogP contribution in [-0.2, 0) is 17.8 Å². The fraction of sp³-hybridized carbons (Fsp3) is 0.294. The highest BCUT2D eigenvalue weighted by atomic mass is 19.2. The molecule has 126 valence electrons. The standard InChI is InChI=1S/C17H15F2NO4/c1-10-17(14(21)5-7-23-10)24-9-15(22)20-6-4-11-2-3-13(18)16(19)12(11)8-20/h2-3,5,7H,4,6,8-9H2,1H3. The molecule has 0 fully saturated rings. The van der Waals surface area contributed by atoms with E-state index in [-0.39, 0.29) is 35.7 Å². The fourth-order valence-electron chi connectivity index (χ4n) is 2.67. The maximum atomic E-state index is 13.9. The summed E-state index contributed by atoms with van der Waals surface area (Å²) in [6.07, 6.45) is 1.68. The molecule has 0 radical (unpaired) electrons. The van der Waals surface area contributed by atoms with Crippen LogP contribution < -0.4 is 10.2 Å². The van der Waals surface area contributed by atoms with Gasteiger partial charge < -0.3 is 14.1 Å². The van der Waals surface area contributed by atoms with Crippen molar-refractivity contribution in [2.45, 2.75) is 19.9 Å². The van der Waals surface area contributed by atoms with Crippen molar-refractivity contribution >= 4 is 5.91 Å². The molecule has 24 heavy (non-hydrogen) atoms. The Balaban J connectivity index is 1.71. The van der Waals surface area contributed by atoms with Gasteiger partial charge in [-0.1, -0.05) is 6.07 Å². The summed E-state index contributed by atoms with van der Waals surface area (Å²) in [5.74, 6) is -2.03. The summed E-state index contributed by atoms with van der Waals surface area (Å²) in [7, 11) is 0. The highest BCUT2D eigenvalue weighted by Gasteiger charge is 2.25. The largest absolute Gasteiger partial charge is 0.476 e. The number of hydrogen-bond donors (Lipinski definition) is 0. The molecule has 7 heteroatoms. The minimum atomic E-state index is -0.934. The summed E-state index contributed by atoms with van der Waals surface area (Å²) in [6.45, 7) is 1.53. The van der Waals surface area contributed by atoms with Gasteiger partial charge in [0.1, 0.15) is 5.76 Å². The zero-order valence-corrected chi connectivity index (χ0v) is 13.0. The molecule has 0 bridgehead atoms. The molecule has 0 saturated heterocycles. The van der Waals surface area contributed by atoms with Crippen LogP contribution in [0.1, 0.15) is 16.9 Å². The third-order valence-corrected chi connectivity index (χ3v) is 3.99. The molecule has 1 aromatic heterocycles. The maximum absolute atomic E-state index is 13.9. The highest BCUT2D eigenvalue weighted by molar-refractivity contribution is 5.78. The normalized spacial score (nSPS) is 13.5. The molecule has 1 aliphatic heterocycles. The zero-order chi connectivity index (χ0) is 17.3. The van der Waals surface area contributed by atoms with E-state index < -0.39 is 17.5 Å². The molecule has 0 N–H and O–H groups in total. The van der Waals surface area contributed by atoms with Gasteiger partial charge in [-0.3, -0.25) is 9.59 Å². The molecule has 5 nitrogen and oxygen atoms in total. The monoisotopic (exact) mass is 335 g/mol. The Morgan fingerprint density at radius 3 is 2.88 bits per heavy atom. The molecule has 0 saturated carbocycles. The van der Waals surface area contributed by atoms with Gasteiger partial charge in [0, 0.05) is 24.7 Å². The van der Waals surface area contributed by atoms with Crippen LogP contribution in [0.3, 0.4) is 0 Å². The number of carbonyl (C=O) groups excluding carboxylic acids is 1. The van der Waals surface area contributed by atoms with Crippen molar-refractivity contribution in [3.8, 4) is 5.75 Å². The Kier molecular flexibility index (Phi) is 4.33. The van der Waals surface area contributed by atoms with Gasteiger partial charge in [0.05, 0.1) is 6.26 Å². The number of halogens is 2. The van der Waals surface area contributed by atoms with Crippen LogP contribution in [-0.4, -0.2) is 24.0 Å². The molecule has 2 heterocycles. The first-order valence-corrected chi connectivity index (χ1v) is 7.42. The van der Waals surface area contributed by atoms with E-state index in [1.807, 2.05) is 0 Å². The van der Waals surface area contributed by atoms with Crippen LogP contribution >= 0.6 is 0 Å². The first-order valence-electron chi connectivity index (χ1n) is 7.42. The highest BCUT2D eigenvalue weighted by Crippen LogP contribution is 2.24. The summed E-state index contributed by atoms with van der Waals surface area (Å²) < 4.78 is 37.5. The van der Waals surface area contributed by atoms with Gasteiger partial charge in [-0.15, -0.1) is 0 Å². The minimum Gasteiger partial charge on any atom is -0.476 e. The second-order valence-corrected chi connectivity index (χ2v) is 5.52. The molecule has 0 unspecified atom stereocenters. The molecule has 1 amide bonds. The van der Waals surface area contributed by atoms with Gasteiger partial charge in [-0.2, -0.15) is 0 Å². The van der Waals surface area contributed by atoms with E-state index in [1.54, 1.807) is 6.92 Å². The molecule has 0 aliphatic carbocycles.